The van der Waals surface area contributed by atoms with Crippen LogP contribution in [0.3, 0.4) is 0 Å². The Morgan fingerprint density at radius 2 is 2.06 bits per heavy atom. The van der Waals surface area contributed by atoms with Gasteiger partial charge >= 0.3 is 12.9 Å². The minimum atomic E-state index is -1.78. The van der Waals surface area contributed by atoms with Crippen molar-refractivity contribution in [1.82, 2.24) is 0 Å². The van der Waals surface area contributed by atoms with Crippen molar-refractivity contribution in [3.8, 4) is 0 Å². The molecule has 0 saturated heterocycles. The minimum absolute atomic E-state index is 0.0946. The van der Waals surface area contributed by atoms with Gasteiger partial charge in [0.05, 0.1) is 11.5 Å². The topological polar surface area (TPSA) is 78.7 Å². The quantitative estimate of drug-likeness (QED) is 0.390. The zero-order chi connectivity index (χ0) is 11.8. The highest BCUT2D eigenvalue weighted by Crippen LogP contribution is 2.01. The third-order valence-electron chi connectivity index (χ3n) is 1.82. The third kappa shape index (κ3) is 4.05. The van der Waals surface area contributed by atoms with Gasteiger partial charge in [-0.1, -0.05) is 30.3 Å². The Bertz CT molecular complexity index is 340. The molecule has 0 aliphatic heterocycles. The van der Waals surface area contributed by atoms with Crippen LogP contribution in [0.2, 0.25) is 0 Å². The normalized spacial score (nSPS) is 11.8. The molecular formula is C10H10NO5. The van der Waals surface area contributed by atoms with Gasteiger partial charge in [0.2, 0.25) is 0 Å². The highest BCUT2D eigenvalue weighted by atomic mass is 16.8. The van der Waals surface area contributed by atoms with Crippen LogP contribution in [0.15, 0.2) is 30.3 Å². The van der Waals surface area contributed by atoms with Crippen molar-refractivity contribution in [3.05, 3.63) is 46.0 Å². The van der Waals surface area contributed by atoms with Crippen LogP contribution in [0.5, 0.6) is 0 Å². The van der Waals surface area contributed by atoms with E-state index >= 15 is 0 Å². The lowest BCUT2D eigenvalue weighted by Crippen LogP contribution is -2.27. The second-order valence-corrected chi connectivity index (χ2v) is 2.90. The van der Waals surface area contributed by atoms with Crippen LogP contribution in [-0.4, -0.2) is 24.4 Å². The third-order valence-corrected chi connectivity index (χ3v) is 1.82. The van der Waals surface area contributed by atoms with Crippen LogP contribution in [-0.2, 0) is 20.7 Å². The summed E-state index contributed by atoms with van der Waals surface area (Å²) >= 11 is 0. The zero-order valence-corrected chi connectivity index (χ0v) is 8.37. The van der Waals surface area contributed by atoms with Crippen molar-refractivity contribution in [1.29, 1.82) is 0 Å². The molecule has 0 spiro atoms. The molecule has 0 aromatic heterocycles. The number of ether oxygens (including phenoxy) is 2. The van der Waals surface area contributed by atoms with Crippen LogP contribution in [0.1, 0.15) is 5.56 Å². The van der Waals surface area contributed by atoms with Crippen molar-refractivity contribution >= 4 is 6.47 Å². The fourth-order valence-corrected chi connectivity index (χ4v) is 1.10. The maximum absolute atomic E-state index is 10.3. The number of benzene rings is 1. The van der Waals surface area contributed by atoms with E-state index in [4.69, 9.17) is 4.74 Å². The maximum atomic E-state index is 10.3. The number of hydrogen-bond acceptors (Lipinski definition) is 5. The summed E-state index contributed by atoms with van der Waals surface area (Å²) < 4.78 is 8.78. The predicted molar refractivity (Wildman–Crippen MR) is 53.7 cm³/mol. The summed E-state index contributed by atoms with van der Waals surface area (Å²) in [6.07, 6.45) is -1.27. The average molecular weight is 224 g/mol. The van der Waals surface area contributed by atoms with Crippen LogP contribution in [0, 0.1) is 10.1 Å². The molecule has 1 aromatic rings. The maximum Gasteiger partial charge on any atom is 0.477 e. The van der Waals surface area contributed by atoms with Gasteiger partial charge in [-0.15, -0.1) is 0 Å². The van der Waals surface area contributed by atoms with Gasteiger partial charge in [0.1, 0.15) is 0 Å². The van der Waals surface area contributed by atoms with Gasteiger partial charge in [0, 0.05) is 0 Å². The average Bonchev–Trinajstić information content (AvgIpc) is 2.29. The smallest absolute Gasteiger partial charge is 0.366 e. The summed E-state index contributed by atoms with van der Waals surface area (Å²) in [7, 11) is 0. The van der Waals surface area contributed by atoms with E-state index in [9.17, 15) is 14.9 Å². The number of carbonyl (C=O) groups excluding carboxylic acids is 1. The molecule has 0 amide bonds. The predicted octanol–water partition coefficient (Wildman–Crippen LogP) is 0.890. The van der Waals surface area contributed by atoms with E-state index in [1.165, 1.54) is 0 Å². The SMILES string of the molecule is O=[C]OC(OCCc1ccccc1)[N+](=O)[O-]. The molecule has 0 saturated carbocycles. The lowest BCUT2D eigenvalue weighted by molar-refractivity contribution is -0.622. The first kappa shape index (κ1) is 12.1. The summed E-state index contributed by atoms with van der Waals surface area (Å²) in [6, 6.07) is 9.33. The molecule has 0 heterocycles. The Kier molecular flexibility index (Phi) is 4.94. The Morgan fingerprint density at radius 1 is 1.38 bits per heavy atom. The summed E-state index contributed by atoms with van der Waals surface area (Å²) in [4.78, 5) is 19.3. The van der Waals surface area contributed by atoms with Crippen molar-refractivity contribution in [3.63, 3.8) is 0 Å². The molecule has 1 radical (unpaired) electrons. The molecule has 0 aliphatic carbocycles. The van der Waals surface area contributed by atoms with Crippen molar-refractivity contribution in [2.45, 2.75) is 12.8 Å². The van der Waals surface area contributed by atoms with Gasteiger partial charge in [-0.25, -0.2) is 4.79 Å². The van der Waals surface area contributed by atoms with E-state index in [1.54, 1.807) is 0 Å². The van der Waals surface area contributed by atoms with Crippen LogP contribution in [0.4, 0.5) is 0 Å². The molecule has 16 heavy (non-hydrogen) atoms. The standard InChI is InChI=1S/C10H10NO5/c12-8-16-10(11(13)14)15-7-6-9-4-2-1-3-5-9/h1-5,10H,6-7H2. The van der Waals surface area contributed by atoms with E-state index in [0.29, 0.717) is 6.42 Å². The Labute approximate surface area is 91.9 Å². The first-order chi connectivity index (χ1) is 7.74. The summed E-state index contributed by atoms with van der Waals surface area (Å²) in [5.41, 5.74) is 0.986. The zero-order valence-electron chi connectivity index (χ0n) is 8.37. The van der Waals surface area contributed by atoms with E-state index in [2.05, 4.69) is 4.74 Å². The Hall–Kier alpha value is -1.95. The van der Waals surface area contributed by atoms with Crippen molar-refractivity contribution in [2.75, 3.05) is 6.61 Å². The van der Waals surface area contributed by atoms with Gasteiger partial charge in [-0.2, -0.15) is 0 Å². The molecule has 1 unspecified atom stereocenters. The van der Waals surface area contributed by atoms with E-state index in [1.807, 2.05) is 30.3 Å². The van der Waals surface area contributed by atoms with Gasteiger partial charge in [-0.3, -0.25) is 14.9 Å². The monoisotopic (exact) mass is 224 g/mol. The molecule has 0 fully saturated rings. The van der Waals surface area contributed by atoms with E-state index in [-0.39, 0.29) is 6.61 Å². The largest absolute Gasteiger partial charge is 0.477 e. The van der Waals surface area contributed by atoms with Crippen molar-refractivity contribution < 1.29 is 19.2 Å². The molecule has 1 aromatic carbocycles. The second-order valence-electron chi connectivity index (χ2n) is 2.90. The van der Waals surface area contributed by atoms with E-state index in [0.717, 1.165) is 12.0 Å². The fraction of sp³-hybridized carbons (Fsp3) is 0.300. The van der Waals surface area contributed by atoms with Gasteiger partial charge in [0.25, 0.3) is 0 Å². The summed E-state index contributed by atoms with van der Waals surface area (Å²) in [5.74, 6) is 0. The fourth-order valence-electron chi connectivity index (χ4n) is 1.10. The molecule has 0 bridgehead atoms. The highest BCUT2D eigenvalue weighted by Gasteiger charge is 2.21. The molecule has 1 rings (SSSR count). The Balaban J connectivity index is 2.33. The molecule has 1 atom stereocenters. The number of hydrogen-bond donors (Lipinski definition) is 0. The lowest BCUT2D eigenvalue weighted by atomic mass is 10.2. The van der Waals surface area contributed by atoms with Crippen LogP contribution in [0.25, 0.3) is 0 Å². The number of nitrogens with zero attached hydrogens (tertiary/aromatic N) is 1. The van der Waals surface area contributed by atoms with Gasteiger partial charge in [-0.05, 0) is 12.0 Å². The minimum Gasteiger partial charge on any atom is -0.366 e. The molecule has 0 aliphatic rings. The molecule has 6 heteroatoms. The first-order valence-corrected chi connectivity index (χ1v) is 4.56. The number of rotatable bonds is 7. The second kappa shape index (κ2) is 6.52. The first-order valence-electron chi connectivity index (χ1n) is 4.56. The van der Waals surface area contributed by atoms with Gasteiger partial charge in [0.15, 0.2) is 0 Å². The number of nitro groups is 1. The van der Waals surface area contributed by atoms with Crippen LogP contribution < -0.4 is 0 Å². The Morgan fingerprint density at radius 3 is 2.62 bits per heavy atom. The summed E-state index contributed by atoms with van der Waals surface area (Å²) in [6.45, 7) is 1.08. The molecule has 0 N–H and O–H groups in total. The van der Waals surface area contributed by atoms with Gasteiger partial charge < -0.3 is 4.74 Å². The molecule has 6 nitrogen and oxygen atoms in total. The molecular weight excluding hydrogens is 214 g/mol. The molecule has 85 valence electrons. The van der Waals surface area contributed by atoms with E-state index < -0.39 is 11.3 Å². The lowest BCUT2D eigenvalue weighted by Gasteiger charge is -2.07. The van der Waals surface area contributed by atoms with Crippen LogP contribution >= 0.6 is 0 Å². The summed E-state index contributed by atoms with van der Waals surface area (Å²) in [5, 5.41) is 10.3. The highest BCUT2D eigenvalue weighted by molar-refractivity contribution is 5.38. The van der Waals surface area contributed by atoms with Crippen molar-refractivity contribution in [2.24, 2.45) is 0 Å².